The van der Waals surface area contributed by atoms with Crippen LogP contribution >= 0.6 is 24.8 Å². The summed E-state index contributed by atoms with van der Waals surface area (Å²) in [6.07, 6.45) is 7.70. The number of pyridine rings is 1. The van der Waals surface area contributed by atoms with Crippen molar-refractivity contribution in [2.45, 2.75) is 18.9 Å². The van der Waals surface area contributed by atoms with Crippen LogP contribution < -0.4 is 10.6 Å². The van der Waals surface area contributed by atoms with Gasteiger partial charge in [0.1, 0.15) is 5.65 Å². The van der Waals surface area contributed by atoms with Crippen molar-refractivity contribution in [1.29, 1.82) is 0 Å². The molecular weight excluding hydrogens is 299 g/mol. The number of nitrogens with zero attached hydrogens (tertiary/aromatic N) is 2. The van der Waals surface area contributed by atoms with Gasteiger partial charge >= 0.3 is 0 Å². The molecule has 1 saturated heterocycles. The van der Waals surface area contributed by atoms with Gasteiger partial charge in [0.05, 0.1) is 5.56 Å². The lowest BCUT2D eigenvalue weighted by molar-refractivity contribution is 0.0950. The SMILES string of the molecule is Cl.Cl.O=C(NCC1CCCN1)c1ccc2nccn2c1. The largest absolute Gasteiger partial charge is 0.350 e. The third kappa shape index (κ3) is 3.62. The van der Waals surface area contributed by atoms with Gasteiger partial charge < -0.3 is 15.0 Å². The zero-order valence-electron chi connectivity index (χ0n) is 10.9. The van der Waals surface area contributed by atoms with Crippen molar-refractivity contribution in [3.8, 4) is 0 Å². The average molecular weight is 317 g/mol. The number of carbonyl (C=O) groups is 1. The van der Waals surface area contributed by atoms with Crippen LogP contribution in [0.1, 0.15) is 23.2 Å². The fraction of sp³-hybridized carbons (Fsp3) is 0.385. The molecule has 2 aromatic heterocycles. The Bertz CT molecular complexity index is 566. The van der Waals surface area contributed by atoms with Crippen molar-refractivity contribution < 1.29 is 4.79 Å². The molecule has 110 valence electrons. The van der Waals surface area contributed by atoms with E-state index in [9.17, 15) is 4.79 Å². The number of hydrogen-bond donors (Lipinski definition) is 2. The van der Waals surface area contributed by atoms with Crippen molar-refractivity contribution >= 4 is 36.4 Å². The van der Waals surface area contributed by atoms with E-state index in [1.807, 2.05) is 16.7 Å². The van der Waals surface area contributed by atoms with Crippen LogP contribution in [-0.2, 0) is 0 Å². The molecule has 1 aliphatic rings. The molecular formula is C13H18Cl2N4O. The van der Waals surface area contributed by atoms with Gasteiger partial charge in [0, 0.05) is 31.2 Å². The molecule has 2 aromatic rings. The number of imidazole rings is 1. The molecule has 1 fully saturated rings. The van der Waals surface area contributed by atoms with Gasteiger partial charge in [0.25, 0.3) is 5.91 Å². The number of hydrogen-bond acceptors (Lipinski definition) is 3. The van der Waals surface area contributed by atoms with E-state index in [-0.39, 0.29) is 30.7 Å². The molecule has 1 amide bonds. The Morgan fingerprint density at radius 2 is 2.30 bits per heavy atom. The summed E-state index contributed by atoms with van der Waals surface area (Å²) in [5.74, 6) is -0.0284. The molecule has 0 spiro atoms. The number of nitrogens with one attached hydrogen (secondary N) is 2. The van der Waals surface area contributed by atoms with Crippen LogP contribution in [0.3, 0.4) is 0 Å². The van der Waals surface area contributed by atoms with Gasteiger partial charge in [-0.25, -0.2) is 4.98 Å². The predicted octanol–water partition coefficient (Wildman–Crippen LogP) is 1.66. The van der Waals surface area contributed by atoms with E-state index in [2.05, 4.69) is 15.6 Å². The predicted molar refractivity (Wildman–Crippen MR) is 83.0 cm³/mol. The number of fused-ring (bicyclic) bond motifs is 1. The molecule has 20 heavy (non-hydrogen) atoms. The smallest absolute Gasteiger partial charge is 0.252 e. The molecule has 0 bridgehead atoms. The first-order chi connectivity index (χ1) is 8.83. The molecule has 5 nitrogen and oxygen atoms in total. The molecule has 0 radical (unpaired) electrons. The van der Waals surface area contributed by atoms with Crippen molar-refractivity contribution in [3.63, 3.8) is 0 Å². The highest BCUT2D eigenvalue weighted by molar-refractivity contribution is 5.94. The first-order valence-corrected chi connectivity index (χ1v) is 6.27. The number of aromatic nitrogens is 2. The molecule has 3 rings (SSSR count). The molecule has 1 atom stereocenters. The Morgan fingerprint density at radius 1 is 1.45 bits per heavy atom. The summed E-state index contributed by atoms with van der Waals surface area (Å²) < 4.78 is 1.85. The minimum absolute atomic E-state index is 0. The summed E-state index contributed by atoms with van der Waals surface area (Å²) in [5.41, 5.74) is 1.52. The Labute approximate surface area is 130 Å². The molecule has 1 unspecified atom stereocenters. The molecule has 0 saturated carbocycles. The number of halogens is 2. The quantitative estimate of drug-likeness (QED) is 0.905. The topological polar surface area (TPSA) is 58.4 Å². The number of rotatable bonds is 3. The highest BCUT2D eigenvalue weighted by atomic mass is 35.5. The minimum Gasteiger partial charge on any atom is -0.350 e. The Hall–Kier alpha value is -1.30. The van der Waals surface area contributed by atoms with Crippen molar-refractivity contribution in [3.05, 3.63) is 36.3 Å². The van der Waals surface area contributed by atoms with Crippen LogP contribution in [0.25, 0.3) is 5.65 Å². The van der Waals surface area contributed by atoms with Crippen LogP contribution in [0.5, 0.6) is 0 Å². The van der Waals surface area contributed by atoms with Gasteiger partial charge in [-0.3, -0.25) is 4.79 Å². The normalized spacial score (nSPS) is 17.3. The van der Waals surface area contributed by atoms with E-state index in [1.165, 1.54) is 6.42 Å². The second-order valence-electron chi connectivity index (χ2n) is 4.61. The third-order valence-corrected chi connectivity index (χ3v) is 3.32. The zero-order valence-corrected chi connectivity index (χ0v) is 12.5. The Morgan fingerprint density at radius 3 is 3.05 bits per heavy atom. The van der Waals surface area contributed by atoms with Crippen molar-refractivity contribution in [2.75, 3.05) is 13.1 Å². The summed E-state index contributed by atoms with van der Waals surface area (Å²) >= 11 is 0. The average Bonchev–Trinajstić information content (AvgIpc) is 3.05. The van der Waals surface area contributed by atoms with Gasteiger partial charge in [-0.05, 0) is 31.5 Å². The van der Waals surface area contributed by atoms with E-state index in [0.29, 0.717) is 18.2 Å². The maximum absolute atomic E-state index is 12.0. The highest BCUT2D eigenvalue weighted by Gasteiger charge is 2.15. The van der Waals surface area contributed by atoms with Gasteiger partial charge in [-0.2, -0.15) is 0 Å². The van der Waals surface area contributed by atoms with Crippen LogP contribution in [0.2, 0.25) is 0 Å². The first kappa shape index (κ1) is 16.8. The van der Waals surface area contributed by atoms with E-state index in [1.54, 1.807) is 18.5 Å². The Balaban J connectivity index is 0.000001000. The molecule has 3 heterocycles. The first-order valence-electron chi connectivity index (χ1n) is 6.27. The maximum atomic E-state index is 12.0. The van der Waals surface area contributed by atoms with E-state index >= 15 is 0 Å². The van der Waals surface area contributed by atoms with Crippen LogP contribution in [-0.4, -0.2) is 34.4 Å². The van der Waals surface area contributed by atoms with Crippen molar-refractivity contribution in [2.24, 2.45) is 0 Å². The second kappa shape index (κ2) is 7.47. The molecule has 2 N–H and O–H groups in total. The van der Waals surface area contributed by atoms with E-state index < -0.39 is 0 Å². The van der Waals surface area contributed by atoms with E-state index in [0.717, 1.165) is 18.6 Å². The van der Waals surface area contributed by atoms with Crippen LogP contribution in [0.15, 0.2) is 30.7 Å². The van der Waals surface area contributed by atoms with Crippen LogP contribution in [0, 0.1) is 0 Å². The van der Waals surface area contributed by atoms with Crippen LogP contribution in [0.4, 0.5) is 0 Å². The summed E-state index contributed by atoms with van der Waals surface area (Å²) in [6, 6.07) is 4.08. The molecule has 0 aliphatic carbocycles. The zero-order chi connectivity index (χ0) is 12.4. The fourth-order valence-corrected chi connectivity index (χ4v) is 2.30. The summed E-state index contributed by atoms with van der Waals surface area (Å²) in [5, 5.41) is 6.32. The highest BCUT2D eigenvalue weighted by Crippen LogP contribution is 2.06. The monoisotopic (exact) mass is 316 g/mol. The minimum atomic E-state index is -0.0284. The molecule has 1 aliphatic heterocycles. The fourth-order valence-electron chi connectivity index (χ4n) is 2.30. The Kier molecular flexibility index (Phi) is 6.26. The summed E-state index contributed by atoms with van der Waals surface area (Å²) in [6.45, 7) is 1.75. The lowest BCUT2D eigenvalue weighted by Crippen LogP contribution is -2.37. The lowest BCUT2D eigenvalue weighted by atomic mass is 10.2. The van der Waals surface area contributed by atoms with E-state index in [4.69, 9.17) is 0 Å². The van der Waals surface area contributed by atoms with Crippen molar-refractivity contribution in [1.82, 2.24) is 20.0 Å². The summed E-state index contributed by atoms with van der Waals surface area (Å²) in [4.78, 5) is 16.1. The third-order valence-electron chi connectivity index (χ3n) is 3.32. The van der Waals surface area contributed by atoms with Gasteiger partial charge in [-0.1, -0.05) is 0 Å². The number of carbonyl (C=O) groups excluding carboxylic acids is 1. The van der Waals surface area contributed by atoms with Gasteiger partial charge in [0.15, 0.2) is 0 Å². The van der Waals surface area contributed by atoms with Gasteiger partial charge in [-0.15, -0.1) is 24.8 Å². The molecule has 7 heteroatoms. The standard InChI is InChI=1S/C13H16N4O.2ClH/c18-13(16-8-11-2-1-5-14-11)10-3-4-12-15-6-7-17(12)9-10;;/h3-4,6-7,9,11,14H,1-2,5,8H2,(H,16,18);2*1H. The lowest BCUT2D eigenvalue weighted by Gasteiger charge is -2.11. The molecule has 0 aromatic carbocycles. The maximum Gasteiger partial charge on any atom is 0.252 e. The number of amides is 1. The second-order valence-corrected chi connectivity index (χ2v) is 4.61. The van der Waals surface area contributed by atoms with Gasteiger partial charge in [0.2, 0.25) is 0 Å². The summed E-state index contributed by atoms with van der Waals surface area (Å²) in [7, 11) is 0.